The fourth-order valence-corrected chi connectivity index (χ4v) is 3.84. The van der Waals surface area contributed by atoms with Crippen molar-refractivity contribution in [1.29, 1.82) is 0 Å². The summed E-state index contributed by atoms with van der Waals surface area (Å²) >= 11 is 0. The quantitative estimate of drug-likeness (QED) is 0.707. The van der Waals surface area contributed by atoms with Gasteiger partial charge in [-0.3, -0.25) is 4.98 Å². The van der Waals surface area contributed by atoms with Gasteiger partial charge in [0.15, 0.2) is 5.82 Å². The van der Waals surface area contributed by atoms with Crippen LogP contribution in [0.15, 0.2) is 48.9 Å². The average molecular weight is 404 g/mol. The molecule has 3 aromatic heterocycles. The molecule has 0 saturated carbocycles. The molecule has 30 heavy (non-hydrogen) atoms. The number of nitrogens with zero attached hydrogens (tertiary/aromatic N) is 6. The van der Waals surface area contributed by atoms with Gasteiger partial charge >= 0.3 is 0 Å². The summed E-state index contributed by atoms with van der Waals surface area (Å²) in [5.74, 6) is 2.38. The molecule has 2 fully saturated rings. The van der Waals surface area contributed by atoms with Crippen molar-refractivity contribution in [3.8, 4) is 22.6 Å². The van der Waals surface area contributed by atoms with E-state index in [1.807, 2.05) is 30.5 Å². The van der Waals surface area contributed by atoms with E-state index in [-0.39, 0.29) is 6.10 Å². The zero-order chi connectivity index (χ0) is 20.3. The van der Waals surface area contributed by atoms with Gasteiger partial charge in [-0.05, 0) is 30.7 Å². The van der Waals surface area contributed by atoms with Gasteiger partial charge in [0.05, 0.1) is 25.0 Å². The Morgan fingerprint density at radius 1 is 0.933 bits per heavy atom. The summed E-state index contributed by atoms with van der Waals surface area (Å²) in [5, 5.41) is 9.97. The maximum atomic E-state index is 9.97. The van der Waals surface area contributed by atoms with Crippen LogP contribution in [0.2, 0.25) is 0 Å². The van der Waals surface area contributed by atoms with Gasteiger partial charge in [0.1, 0.15) is 11.6 Å². The molecule has 2 saturated heterocycles. The normalized spacial score (nSPS) is 19.3. The third-order valence-electron chi connectivity index (χ3n) is 5.50. The Morgan fingerprint density at radius 3 is 2.53 bits per heavy atom. The van der Waals surface area contributed by atoms with E-state index in [2.05, 4.69) is 25.8 Å². The van der Waals surface area contributed by atoms with Crippen molar-refractivity contribution in [2.45, 2.75) is 12.5 Å². The molecule has 5 heterocycles. The number of rotatable bonds is 4. The maximum absolute atomic E-state index is 9.97. The van der Waals surface area contributed by atoms with E-state index in [1.54, 1.807) is 12.4 Å². The molecule has 0 spiro atoms. The Morgan fingerprint density at radius 2 is 1.83 bits per heavy atom. The first-order chi connectivity index (χ1) is 14.8. The molecule has 0 bridgehead atoms. The molecule has 0 aliphatic carbocycles. The Balaban J connectivity index is 1.50. The summed E-state index contributed by atoms with van der Waals surface area (Å²) in [4.78, 5) is 22.7. The summed E-state index contributed by atoms with van der Waals surface area (Å²) in [6.45, 7) is 4.53. The third kappa shape index (κ3) is 3.96. The Labute approximate surface area is 175 Å². The van der Waals surface area contributed by atoms with Crippen LogP contribution in [0.5, 0.6) is 0 Å². The third-order valence-corrected chi connectivity index (χ3v) is 5.50. The molecule has 2 aliphatic heterocycles. The standard InChI is InChI=1S/C22H24N6O2/c29-18-5-7-28(15-18)21-12-19(25-22(26-21)17-2-1-6-23-13-17)16-3-4-20(24-14-16)27-8-10-30-11-9-27/h1-4,6,12-14,18,29H,5,7-11,15H2/t18-/m0/s1. The highest BCUT2D eigenvalue weighted by Crippen LogP contribution is 2.28. The first-order valence-electron chi connectivity index (χ1n) is 10.3. The van der Waals surface area contributed by atoms with E-state index < -0.39 is 0 Å². The van der Waals surface area contributed by atoms with Crippen molar-refractivity contribution >= 4 is 11.6 Å². The number of ether oxygens (including phenoxy) is 1. The van der Waals surface area contributed by atoms with Crippen molar-refractivity contribution < 1.29 is 9.84 Å². The maximum Gasteiger partial charge on any atom is 0.163 e. The summed E-state index contributed by atoms with van der Waals surface area (Å²) in [5.41, 5.74) is 2.60. The molecule has 154 valence electrons. The monoisotopic (exact) mass is 404 g/mol. The lowest BCUT2D eigenvalue weighted by Gasteiger charge is -2.27. The van der Waals surface area contributed by atoms with Crippen LogP contribution >= 0.6 is 0 Å². The molecule has 8 nitrogen and oxygen atoms in total. The lowest BCUT2D eigenvalue weighted by atomic mass is 10.1. The summed E-state index contributed by atoms with van der Waals surface area (Å²) < 4.78 is 5.42. The highest BCUT2D eigenvalue weighted by atomic mass is 16.5. The highest BCUT2D eigenvalue weighted by Gasteiger charge is 2.23. The molecule has 1 atom stereocenters. The van der Waals surface area contributed by atoms with Gasteiger partial charge < -0.3 is 19.6 Å². The molecule has 3 aromatic rings. The van der Waals surface area contributed by atoms with Gasteiger partial charge in [0, 0.05) is 62.0 Å². The van der Waals surface area contributed by atoms with E-state index >= 15 is 0 Å². The Hall–Kier alpha value is -3.10. The zero-order valence-electron chi connectivity index (χ0n) is 16.7. The number of hydrogen-bond acceptors (Lipinski definition) is 8. The number of aliphatic hydroxyl groups excluding tert-OH is 1. The predicted molar refractivity (Wildman–Crippen MR) is 114 cm³/mol. The number of anilines is 2. The minimum Gasteiger partial charge on any atom is -0.391 e. The molecule has 0 unspecified atom stereocenters. The summed E-state index contributed by atoms with van der Waals surface area (Å²) in [6, 6.07) is 9.89. The van der Waals surface area contributed by atoms with Crippen LogP contribution in [0.4, 0.5) is 11.6 Å². The van der Waals surface area contributed by atoms with Gasteiger partial charge in [0.25, 0.3) is 0 Å². The average Bonchev–Trinajstić information content (AvgIpc) is 3.26. The van der Waals surface area contributed by atoms with Crippen LogP contribution in [0.1, 0.15) is 6.42 Å². The molecule has 5 rings (SSSR count). The first kappa shape index (κ1) is 18.9. The van der Waals surface area contributed by atoms with Crippen LogP contribution in [-0.4, -0.2) is 70.5 Å². The van der Waals surface area contributed by atoms with Gasteiger partial charge in [-0.25, -0.2) is 15.0 Å². The summed E-state index contributed by atoms with van der Waals surface area (Å²) in [7, 11) is 0. The lowest BCUT2D eigenvalue weighted by molar-refractivity contribution is 0.122. The molecule has 0 aromatic carbocycles. The van der Waals surface area contributed by atoms with Gasteiger partial charge in [-0.15, -0.1) is 0 Å². The van der Waals surface area contributed by atoms with Crippen LogP contribution in [-0.2, 0) is 4.74 Å². The van der Waals surface area contributed by atoms with Crippen molar-refractivity contribution in [2.75, 3.05) is 49.2 Å². The number of morpholine rings is 1. The van der Waals surface area contributed by atoms with Gasteiger partial charge in [-0.2, -0.15) is 0 Å². The second-order valence-corrected chi connectivity index (χ2v) is 7.57. The van der Waals surface area contributed by atoms with Crippen molar-refractivity contribution in [2.24, 2.45) is 0 Å². The molecule has 0 amide bonds. The van der Waals surface area contributed by atoms with Crippen LogP contribution in [0, 0.1) is 0 Å². The predicted octanol–water partition coefficient (Wildman–Crippen LogP) is 2.01. The SMILES string of the molecule is O[C@H]1CCN(c2cc(-c3ccc(N4CCOCC4)nc3)nc(-c3cccnc3)n2)C1. The number of aromatic nitrogens is 4. The molecule has 1 N–H and O–H groups in total. The fourth-order valence-electron chi connectivity index (χ4n) is 3.84. The number of pyridine rings is 2. The summed E-state index contributed by atoms with van der Waals surface area (Å²) in [6.07, 6.45) is 5.79. The minimum atomic E-state index is -0.320. The molecular weight excluding hydrogens is 380 g/mol. The van der Waals surface area contributed by atoms with E-state index in [0.29, 0.717) is 12.4 Å². The van der Waals surface area contributed by atoms with Crippen LogP contribution < -0.4 is 9.80 Å². The molecule has 0 radical (unpaired) electrons. The molecular formula is C22H24N6O2. The highest BCUT2D eigenvalue weighted by molar-refractivity contribution is 5.68. The van der Waals surface area contributed by atoms with Crippen molar-refractivity contribution in [1.82, 2.24) is 19.9 Å². The second kappa shape index (κ2) is 8.33. The van der Waals surface area contributed by atoms with E-state index in [0.717, 1.165) is 67.7 Å². The molecule has 8 heteroatoms. The number of hydrogen-bond donors (Lipinski definition) is 1. The Bertz CT molecular complexity index is 992. The fraction of sp³-hybridized carbons (Fsp3) is 0.364. The second-order valence-electron chi connectivity index (χ2n) is 7.57. The van der Waals surface area contributed by atoms with E-state index in [4.69, 9.17) is 14.7 Å². The van der Waals surface area contributed by atoms with Crippen LogP contribution in [0.25, 0.3) is 22.6 Å². The largest absolute Gasteiger partial charge is 0.391 e. The lowest BCUT2D eigenvalue weighted by Crippen LogP contribution is -2.36. The van der Waals surface area contributed by atoms with Gasteiger partial charge in [0.2, 0.25) is 0 Å². The number of β-amino-alcohol motifs (C(OH)–C–C–N with tert-alkyl or cyclic N) is 1. The van der Waals surface area contributed by atoms with Crippen molar-refractivity contribution in [3.05, 3.63) is 48.9 Å². The van der Waals surface area contributed by atoms with E-state index in [1.165, 1.54) is 0 Å². The van der Waals surface area contributed by atoms with Gasteiger partial charge in [-0.1, -0.05) is 0 Å². The number of aliphatic hydroxyl groups is 1. The van der Waals surface area contributed by atoms with Crippen LogP contribution in [0.3, 0.4) is 0 Å². The molecule has 2 aliphatic rings. The van der Waals surface area contributed by atoms with Crippen molar-refractivity contribution in [3.63, 3.8) is 0 Å². The first-order valence-corrected chi connectivity index (χ1v) is 10.3. The van der Waals surface area contributed by atoms with E-state index in [9.17, 15) is 5.11 Å². The Kier molecular flexibility index (Phi) is 5.25. The topological polar surface area (TPSA) is 87.5 Å². The smallest absolute Gasteiger partial charge is 0.163 e. The zero-order valence-corrected chi connectivity index (χ0v) is 16.7. The minimum absolute atomic E-state index is 0.320.